The van der Waals surface area contributed by atoms with Gasteiger partial charge in [-0.15, -0.1) is 24.8 Å². The molecule has 2 N–H and O–H groups in total. The minimum absolute atomic E-state index is 0. The lowest BCUT2D eigenvalue weighted by molar-refractivity contribution is 0.0568. The van der Waals surface area contributed by atoms with Gasteiger partial charge in [0.1, 0.15) is 5.69 Å². The molecule has 1 aliphatic heterocycles. The predicted molar refractivity (Wildman–Crippen MR) is 98.5 cm³/mol. The molecule has 126 valence electrons. The van der Waals surface area contributed by atoms with Gasteiger partial charge in [-0.1, -0.05) is 31.2 Å². The van der Waals surface area contributed by atoms with Crippen LogP contribution in [0.1, 0.15) is 30.3 Å². The van der Waals surface area contributed by atoms with Crippen molar-refractivity contribution in [2.45, 2.75) is 25.8 Å². The van der Waals surface area contributed by atoms with Crippen molar-refractivity contribution in [2.75, 3.05) is 13.1 Å². The van der Waals surface area contributed by atoms with E-state index in [-0.39, 0.29) is 36.8 Å². The second kappa shape index (κ2) is 8.48. The number of fused-ring (bicyclic) bond motifs is 1. The van der Waals surface area contributed by atoms with Gasteiger partial charge in [-0.25, -0.2) is 4.98 Å². The first kappa shape index (κ1) is 19.7. The average molecular weight is 356 g/mol. The lowest BCUT2D eigenvalue weighted by atomic mass is 9.92. The van der Waals surface area contributed by atoms with Crippen LogP contribution in [0.3, 0.4) is 0 Å². The van der Waals surface area contributed by atoms with Crippen molar-refractivity contribution in [2.24, 2.45) is 11.7 Å². The lowest BCUT2D eigenvalue weighted by Gasteiger charge is -2.37. The zero-order chi connectivity index (χ0) is 14.8. The molecule has 0 bridgehead atoms. The lowest BCUT2D eigenvalue weighted by Crippen LogP contribution is -2.49. The van der Waals surface area contributed by atoms with Crippen LogP contribution in [-0.2, 0) is 0 Å². The summed E-state index contributed by atoms with van der Waals surface area (Å²) in [5.74, 6) is 0.635. The molecule has 0 saturated carbocycles. The maximum Gasteiger partial charge on any atom is 0.272 e. The number of rotatable bonds is 2. The Morgan fingerprint density at radius 2 is 2.00 bits per heavy atom. The molecule has 1 aromatic carbocycles. The number of nitrogens with two attached hydrogens (primary N) is 1. The van der Waals surface area contributed by atoms with Gasteiger partial charge < -0.3 is 10.6 Å². The van der Waals surface area contributed by atoms with Gasteiger partial charge in [-0.05, 0) is 30.9 Å². The number of piperidine rings is 1. The highest BCUT2D eigenvalue weighted by Crippen LogP contribution is 2.23. The molecule has 1 aromatic heterocycles. The Labute approximate surface area is 149 Å². The summed E-state index contributed by atoms with van der Waals surface area (Å²) in [6, 6.07) is 11.8. The highest BCUT2D eigenvalue weighted by atomic mass is 35.5. The molecule has 0 aliphatic carbocycles. The van der Waals surface area contributed by atoms with E-state index >= 15 is 0 Å². The van der Waals surface area contributed by atoms with Crippen LogP contribution in [0.25, 0.3) is 10.9 Å². The van der Waals surface area contributed by atoms with Gasteiger partial charge in [-0.3, -0.25) is 4.79 Å². The van der Waals surface area contributed by atoms with E-state index in [2.05, 4.69) is 11.9 Å². The van der Waals surface area contributed by atoms with Gasteiger partial charge in [0.15, 0.2) is 0 Å². The molecule has 6 heteroatoms. The van der Waals surface area contributed by atoms with Gasteiger partial charge >= 0.3 is 0 Å². The molecule has 0 spiro atoms. The zero-order valence-electron chi connectivity index (χ0n) is 13.1. The number of carbonyl (C=O) groups excluding carboxylic acids is 1. The molecule has 23 heavy (non-hydrogen) atoms. The summed E-state index contributed by atoms with van der Waals surface area (Å²) < 4.78 is 0. The van der Waals surface area contributed by atoms with Gasteiger partial charge in [-0.2, -0.15) is 0 Å². The van der Waals surface area contributed by atoms with Crippen LogP contribution in [0.4, 0.5) is 0 Å². The number of pyridine rings is 1. The quantitative estimate of drug-likeness (QED) is 0.898. The van der Waals surface area contributed by atoms with Crippen molar-refractivity contribution < 1.29 is 4.79 Å². The summed E-state index contributed by atoms with van der Waals surface area (Å²) >= 11 is 0. The molecule has 1 amide bonds. The van der Waals surface area contributed by atoms with Crippen LogP contribution in [0.5, 0.6) is 0 Å². The highest BCUT2D eigenvalue weighted by Gasteiger charge is 2.30. The van der Waals surface area contributed by atoms with Crippen LogP contribution >= 0.6 is 24.8 Å². The van der Waals surface area contributed by atoms with Gasteiger partial charge in [0.05, 0.1) is 5.52 Å². The number of aromatic nitrogens is 1. The fourth-order valence-corrected chi connectivity index (χ4v) is 3.07. The summed E-state index contributed by atoms with van der Waals surface area (Å²) in [7, 11) is 0. The Morgan fingerprint density at radius 3 is 2.74 bits per heavy atom. The molecule has 1 fully saturated rings. The maximum absolute atomic E-state index is 12.7. The van der Waals surface area contributed by atoms with Crippen molar-refractivity contribution >= 4 is 41.6 Å². The molecule has 4 nitrogen and oxygen atoms in total. The number of para-hydroxylation sites is 1. The molecular formula is C17H23Cl2N3O. The Morgan fingerprint density at radius 1 is 1.26 bits per heavy atom. The summed E-state index contributed by atoms with van der Waals surface area (Å²) in [5.41, 5.74) is 7.22. The molecular weight excluding hydrogens is 333 g/mol. The Balaban J connectivity index is 0.00000132. The maximum atomic E-state index is 12.7. The molecule has 2 unspecified atom stereocenters. The first-order valence-corrected chi connectivity index (χ1v) is 7.56. The number of likely N-dealkylation sites (tertiary alicyclic amines) is 1. The fraction of sp³-hybridized carbons (Fsp3) is 0.412. The predicted octanol–water partition coefficient (Wildman–Crippen LogP) is 3.28. The Kier molecular flexibility index (Phi) is 7.26. The van der Waals surface area contributed by atoms with Crippen LogP contribution in [-0.4, -0.2) is 34.9 Å². The number of benzene rings is 1. The number of amides is 1. The second-order valence-electron chi connectivity index (χ2n) is 5.91. The van der Waals surface area contributed by atoms with Crippen LogP contribution in [0.2, 0.25) is 0 Å². The summed E-state index contributed by atoms with van der Waals surface area (Å²) in [4.78, 5) is 19.1. The zero-order valence-corrected chi connectivity index (χ0v) is 14.8. The largest absolute Gasteiger partial charge is 0.333 e. The number of nitrogens with zero attached hydrogens (tertiary/aromatic N) is 2. The molecule has 1 saturated heterocycles. The van der Waals surface area contributed by atoms with Crippen molar-refractivity contribution in [1.82, 2.24) is 9.88 Å². The van der Waals surface area contributed by atoms with Crippen molar-refractivity contribution in [3.05, 3.63) is 42.1 Å². The van der Waals surface area contributed by atoms with Gasteiger partial charge in [0, 0.05) is 24.5 Å². The smallest absolute Gasteiger partial charge is 0.272 e. The normalized spacial score (nSPS) is 20.5. The third-order valence-corrected chi connectivity index (χ3v) is 4.33. The summed E-state index contributed by atoms with van der Waals surface area (Å²) in [5, 5.41) is 1.05. The van der Waals surface area contributed by atoms with E-state index in [9.17, 15) is 4.79 Å². The van der Waals surface area contributed by atoms with Crippen LogP contribution in [0.15, 0.2) is 36.4 Å². The number of halogens is 2. The SMILES string of the molecule is CC1CCN(C(=O)c2ccc3ccccc3n2)C(CN)C1.Cl.Cl. The van der Waals surface area contributed by atoms with E-state index < -0.39 is 0 Å². The van der Waals surface area contributed by atoms with E-state index in [1.165, 1.54) is 0 Å². The minimum Gasteiger partial charge on any atom is -0.333 e. The van der Waals surface area contributed by atoms with E-state index in [1.54, 1.807) is 0 Å². The van der Waals surface area contributed by atoms with Gasteiger partial charge in [0.25, 0.3) is 5.91 Å². The number of hydrogen-bond acceptors (Lipinski definition) is 3. The topological polar surface area (TPSA) is 59.2 Å². The van der Waals surface area contributed by atoms with Crippen molar-refractivity contribution in [3.8, 4) is 0 Å². The standard InChI is InChI=1S/C17H21N3O.2ClH/c1-12-8-9-20(14(10-12)11-18)17(21)16-7-6-13-4-2-3-5-15(13)19-16;;/h2-7,12,14H,8-11,18H2,1H3;2*1H. The highest BCUT2D eigenvalue weighted by molar-refractivity contribution is 5.95. The van der Waals surface area contributed by atoms with Gasteiger partial charge in [0.2, 0.25) is 0 Å². The van der Waals surface area contributed by atoms with E-state index in [0.29, 0.717) is 18.2 Å². The Hall–Kier alpha value is -1.36. The number of hydrogen-bond donors (Lipinski definition) is 1. The van der Waals surface area contributed by atoms with E-state index in [0.717, 1.165) is 30.3 Å². The number of carbonyl (C=O) groups is 1. The van der Waals surface area contributed by atoms with Crippen LogP contribution in [0, 0.1) is 5.92 Å². The molecule has 2 aromatic rings. The van der Waals surface area contributed by atoms with Crippen molar-refractivity contribution in [1.29, 1.82) is 0 Å². The fourth-order valence-electron chi connectivity index (χ4n) is 3.07. The third kappa shape index (κ3) is 4.14. The minimum atomic E-state index is 0. The van der Waals surface area contributed by atoms with Crippen LogP contribution < -0.4 is 5.73 Å². The molecule has 2 atom stereocenters. The first-order chi connectivity index (χ1) is 10.2. The Bertz CT molecular complexity index is 665. The molecule has 1 aliphatic rings. The molecule has 2 heterocycles. The first-order valence-electron chi connectivity index (χ1n) is 7.56. The average Bonchev–Trinajstić information content (AvgIpc) is 2.53. The second-order valence-corrected chi connectivity index (χ2v) is 5.91. The van der Waals surface area contributed by atoms with E-state index in [4.69, 9.17) is 5.73 Å². The van der Waals surface area contributed by atoms with E-state index in [1.807, 2.05) is 41.3 Å². The van der Waals surface area contributed by atoms with Crippen molar-refractivity contribution in [3.63, 3.8) is 0 Å². The monoisotopic (exact) mass is 355 g/mol. The third-order valence-electron chi connectivity index (χ3n) is 4.33. The summed E-state index contributed by atoms with van der Waals surface area (Å²) in [6.07, 6.45) is 2.02. The molecule has 0 radical (unpaired) electrons. The molecule has 3 rings (SSSR count). The summed E-state index contributed by atoms with van der Waals surface area (Å²) in [6.45, 7) is 3.51.